The van der Waals surface area contributed by atoms with Gasteiger partial charge in [-0.05, 0) is 64.9 Å². The van der Waals surface area contributed by atoms with Crippen molar-refractivity contribution in [3.8, 4) is 0 Å². The highest BCUT2D eigenvalue weighted by Crippen LogP contribution is 2.11. The van der Waals surface area contributed by atoms with E-state index in [4.69, 9.17) is 9.47 Å². The van der Waals surface area contributed by atoms with E-state index in [-0.39, 0.29) is 11.9 Å². The predicted octanol–water partition coefficient (Wildman–Crippen LogP) is 3.91. The summed E-state index contributed by atoms with van der Waals surface area (Å²) in [5.41, 5.74) is 5.34. The largest absolute Gasteiger partial charge is 0.462 e. The van der Waals surface area contributed by atoms with Crippen molar-refractivity contribution >= 4 is 11.9 Å². The maximum atomic E-state index is 12.0. The first-order valence-corrected chi connectivity index (χ1v) is 9.57. The lowest BCUT2D eigenvalue weighted by Crippen LogP contribution is -2.23. The van der Waals surface area contributed by atoms with Gasteiger partial charge < -0.3 is 14.8 Å². The normalized spacial score (nSPS) is 10.6. The van der Waals surface area contributed by atoms with E-state index in [9.17, 15) is 9.59 Å². The molecule has 28 heavy (non-hydrogen) atoms. The van der Waals surface area contributed by atoms with Crippen LogP contribution >= 0.6 is 0 Å². The average molecular weight is 383 g/mol. The summed E-state index contributed by atoms with van der Waals surface area (Å²) in [5.74, 6) is -0.606. The van der Waals surface area contributed by atoms with Crippen LogP contribution in [0.15, 0.2) is 36.4 Å². The molecular weight excluding hydrogens is 354 g/mol. The third kappa shape index (κ3) is 7.16. The van der Waals surface area contributed by atoms with Gasteiger partial charge in [0, 0.05) is 6.54 Å². The van der Waals surface area contributed by atoms with E-state index in [2.05, 4.69) is 5.32 Å². The highest BCUT2D eigenvalue weighted by atomic mass is 16.5. The van der Waals surface area contributed by atoms with Crippen LogP contribution in [0.1, 0.15) is 49.4 Å². The Morgan fingerprint density at radius 2 is 1.11 bits per heavy atom. The molecule has 0 aliphatic carbocycles. The third-order valence-corrected chi connectivity index (χ3v) is 4.16. The first kappa shape index (κ1) is 21.6. The van der Waals surface area contributed by atoms with Gasteiger partial charge in [0.15, 0.2) is 0 Å². The second kappa shape index (κ2) is 10.6. The summed E-state index contributed by atoms with van der Waals surface area (Å²) < 4.78 is 10.6. The summed E-state index contributed by atoms with van der Waals surface area (Å²) in [6.07, 6.45) is 0.696. The molecule has 0 saturated carbocycles. The first-order chi connectivity index (χ1) is 13.3. The van der Waals surface area contributed by atoms with Gasteiger partial charge in [-0.15, -0.1) is 0 Å². The Balaban J connectivity index is 1.58. The van der Waals surface area contributed by atoms with E-state index in [0.717, 1.165) is 22.3 Å². The monoisotopic (exact) mass is 383 g/mol. The molecule has 2 aromatic carbocycles. The van der Waals surface area contributed by atoms with Crippen molar-refractivity contribution in [2.75, 3.05) is 26.3 Å². The number of rotatable bonds is 9. The summed E-state index contributed by atoms with van der Waals surface area (Å²) in [5, 5.41) is 3.18. The second-order valence-electron chi connectivity index (χ2n) is 7.13. The predicted molar refractivity (Wildman–Crippen MR) is 110 cm³/mol. The van der Waals surface area contributed by atoms with Crippen LogP contribution in [0, 0.1) is 27.7 Å². The zero-order chi connectivity index (χ0) is 20.5. The average Bonchev–Trinajstić information content (AvgIpc) is 2.61. The van der Waals surface area contributed by atoms with Crippen LogP contribution in [-0.4, -0.2) is 38.2 Å². The topological polar surface area (TPSA) is 64.6 Å². The number of carbonyl (C=O) groups is 2. The van der Waals surface area contributed by atoms with Gasteiger partial charge in [-0.3, -0.25) is 0 Å². The Bertz CT molecular complexity index is 719. The SMILES string of the molecule is Cc1cc(C)cc(C(=O)OCCCNCCOC(=O)c2cc(C)cc(C)c2)c1. The van der Waals surface area contributed by atoms with Crippen molar-refractivity contribution in [3.05, 3.63) is 69.8 Å². The molecule has 0 aliphatic rings. The first-order valence-electron chi connectivity index (χ1n) is 9.57. The van der Waals surface area contributed by atoms with Gasteiger partial charge in [0.05, 0.1) is 17.7 Å². The molecule has 0 aliphatic heterocycles. The summed E-state index contributed by atoms with van der Waals surface area (Å²) in [7, 11) is 0. The number of hydrogen-bond acceptors (Lipinski definition) is 5. The van der Waals surface area contributed by atoms with Crippen molar-refractivity contribution in [3.63, 3.8) is 0 Å². The van der Waals surface area contributed by atoms with Gasteiger partial charge in [0.25, 0.3) is 0 Å². The molecule has 0 unspecified atom stereocenters. The zero-order valence-corrected chi connectivity index (χ0v) is 17.1. The molecule has 1 N–H and O–H groups in total. The molecule has 0 heterocycles. The van der Waals surface area contributed by atoms with Crippen LogP contribution in [0.3, 0.4) is 0 Å². The Kier molecular flexibility index (Phi) is 8.20. The van der Waals surface area contributed by atoms with E-state index in [1.165, 1.54) is 0 Å². The van der Waals surface area contributed by atoms with Gasteiger partial charge in [-0.1, -0.05) is 34.4 Å². The molecule has 0 radical (unpaired) electrons. The number of hydrogen-bond donors (Lipinski definition) is 1. The van der Waals surface area contributed by atoms with Crippen LogP contribution in [0.4, 0.5) is 0 Å². The van der Waals surface area contributed by atoms with Crippen LogP contribution < -0.4 is 5.32 Å². The maximum absolute atomic E-state index is 12.0. The minimum absolute atomic E-state index is 0.297. The van der Waals surface area contributed by atoms with Crippen molar-refractivity contribution < 1.29 is 19.1 Å². The molecule has 0 saturated heterocycles. The minimum atomic E-state index is -0.309. The fourth-order valence-electron chi connectivity index (χ4n) is 3.05. The number of carbonyl (C=O) groups excluding carboxylic acids is 2. The van der Waals surface area contributed by atoms with Crippen LogP contribution in [0.5, 0.6) is 0 Å². The molecule has 5 heteroatoms. The van der Waals surface area contributed by atoms with Gasteiger partial charge in [-0.2, -0.15) is 0 Å². The molecule has 0 bridgehead atoms. The van der Waals surface area contributed by atoms with E-state index in [1.54, 1.807) is 0 Å². The van der Waals surface area contributed by atoms with E-state index >= 15 is 0 Å². The quantitative estimate of drug-likeness (QED) is 0.525. The number of benzene rings is 2. The van der Waals surface area contributed by atoms with Crippen molar-refractivity contribution in [1.82, 2.24) is 5.32 Å². The molecule has 150 valence electrons. The zero-order valence-electron chi connectivity index (χ0n) is 17.1. The molecule has 2 aromatic rings. The van der Waals surface area contributed by atoms with Gasteiger partial charge >= 0.3 is 11.9 Å². The lowest BCUT2D eigenvalue weighted by molar-refractivity contribution is 0.0481. The summed E-state index contributed by atoms with van der Waals surface area (Å²) in [4.78, 5) is 24.1. The molecule has 2 rings (SSSR count). The summed E-state index contributed by atoms with van der Waals surface area (Å²) >= 11 is 0. The lowest BCUT2D eigenvalue weighted by Gasteiger charge is -2.09. The molecule has 0 spiro atoms. The fraction of sp³-hybridized carbons (Fsp3) is 0.391. The summed E-state index contributed by atoms with van der Waals surface area (Å²) in [6.45, 7) is 9.72. The molecule has 0 amide bonds. The maximum Gasteiger partial charge on any atom is 0.338 e. The lowest BCUT2D eigenvalue weighted by atomic mass is 10.1. The Hall–Kier alpha value is -2.66. The van der Waals surface area contributed by atoms with Gasteiger partial charge in [-0.25, -0.2) is 9.59 Å². The van der Waals surface area contributed by atoms with Gasteiger partial charge in [0.1, 0.15) is 6.61 Å². The van der Waals surface area contributed by atoms with Crippen molar-refractivity contribution in [1.29, 1.82) is 0 Å². The smallest absolute Gasteiger partial charge is 0.338 e. The van der Waals surface area contributed by atoms with Crippen molar-refractivity contribution in [2.45, 2.75) is 34.1 Å². The molecule has 0 fully saturated rings. The second-order valence-corrected chi connectivity index (χ2v) is 7.13. The third-order valence-electron chi connectivity index (χ3n) is 4.16. The fourth-order valence-corrected chi connectivity index (χ4v) is 3.05. The molecule has 0 aromatic heterocycles. The van der Waals surface area contributed by atoms with Crippen LogP contribution in [-0.2, 0) is 9.47 Å². The number of esters is 2. The molecular formula is C23H29NO4. The number of ether oxygens (including phenoxy) is 2. The molecule has 5 nitrogen and oxygen atoms in total. The van der Waals surface area contributed by atoms with Crippen molar-refractivity contribution in [2.24, 2.45) is 0 Å². The minimum Gasteiger partial charge on any atom is -0.462 e. The number of aryl methyl sites for hydroxylation is 4. The Labute approximate surface area is 167 Å². The Morgan fingerprint density at radius 3 is 1.57 bits per heavy atom. The number of nitrogens with one attached hydrogen (secondary N) is 1. The standard InChI is InChI=1S/C23H29NO4/c1-16-10-17(2)13-20(12-16)22(25)27-8-5-6-24-7-9-28-23(26)21-14-18(3)11-19(4)15-21/h10-15,24H,5-9H2,1-4H3. The Morgan fingerprint density at radius 1 is 0.679 bits per heavy atom. The molecule has 0 atom stereocenters. The summed E-state index contributed by atoms with van der Waals surface area (Å²) in [6, 6.07) is 11.4. The van der Waals surface area contributed by atoms with E-state index in [0.29, 0.717) is 43.9 Å². The van der Waals surface area contributed by atoms with Crippen LogP contribution in [0.2, 0.25) is 0 Å². The van der Waals surface area contributed by atoms with Gasteiger partial charge in [0.2, 0.25) is 0 Å². The van der Waals surface area contributed by atoms with Crippen LogP contribution in [0.25, 0.3) is 0 Å². The van der Waals surface area contributed by atoms with E-state index in [1.807, 2.05) is 64.1 Å². The highest BCUT2D eigenvalue weighted by Gasteiger charge is 2.09. The van der Waals surface area contributed by atoms with E-state index < -0.39 is 0 Å². The highest BCUT2D eigenvalue weighted by molar-refractivity contribution is 5.90.